The van der Waals surface area contributed by atoms with E-state index in [9.17, 15) is 0 Å². The van der Waals surface area contributed by atoms with E-state index in [0.717, 1.165) is 23.6 Å². The van der Waals surface area contributed by atoms with E-state index in [2.05, 4.69) is 51.9 Å². The third kappa shape index (κ3) is 2.49. The van der Waals surface area contributed by atoms with Crippen LogP contribution in [0.25, 0.3) is 5.65 Å². The van der Waals surface area contributed by atoms with Crippen molar-refractivity contribution in [3.8, 4) is 0 Å². The molecule has 0 radical (unpaired) electrons. The summed E-state index contributed by atoms with van der Waals surface area (Å²) >= 11 is 3.73. The molecule has 5 heteroatoms. The topological polar surface area (TPSA) is 43.1 Å². The molecule has 0 aliphatic carbocycles. The Bertz CT molecular complexity index is 527. The summed E-state index contributed by atoms with van der Waals surface area (Å²) in [5.74, 6) is 0.894. The smallest absolute Gasteiger partial charge is 0.182 e. The van der Waals surface area contributed by atoms with E-state index in [1.54, 1.807) is 6.20 Å². The number of rotatable bonds is 2. The van der Waals surface area contributed by atoms with Gasteiger partial charge in [0.05, 0.1) is 5.69 Å². The standard InChI is InChI=1S/C12H17BrN4/c1-8-15-16-11-9(14-5-6-17(8)11)7-10(13)12(2,3)4/h5-6,10H,7H2,1-4H3. The average Bonchev–Trinajstić information content (AvgIpc) is 2.60. The van der Waals surface area contributed by atoms with E-state index in [0.29, 0.717) is 4.83 Å². The summed E-state index contributed by atoms with van der Waals surface area (Å²) < 4.78 is 1.98. The van der Waals surface area contributed by atoms with Crippen molar-refractivity contribution in [2.75, 3.05) is 0 Å². The lowest BCUT2D eigenvalue weighted by Gasteiger charge is -2.25. The highest BCUT2D eigenvalue weighted by Crippen LogP contribution is 2.29. The summed E-state index contributed by atoms with van der Waals surface area (Å²) in [6.07, 6.45) is 4.56. The third-order valence-electron chi connectivity index (χ3n) is 2.88. The van der Waals surface area contributed by atoms with E-state index >= 15 is 0 Å². The minimum absolute atomic E-state index is 0.198. The average molecular weight is 297 g/mol. The van der Waals surface area contributed by atoms with E-state index in [4.69, 9.17) is 0 Å². The van der Waals surface area contributed by atoms with Crippen LogP contribution in [0.3, 0.4) is 0 Å². The first-order valence-electron chi connectivity index (χ1n) is 5.69. The fraction of sp³-hybridized carbons (Fsp3) is 0.583. The molecule has 0 aliphatic heterocycles. The van der Waals surface area contributed by atoms with Crippen LogP contribution in [0, 0.1) is 12.3 Å². The van der Waals surface area contributed by atoms with Crippen LogP contribution in [0.1, 0.15) is 32.3 Å². The van der Waals surface area contributed by atoms with Gasteiger partial charge in [0.2, 0.25) is 0 Å². The number of aryl methyl sites for hydroxylation is 1. The Kier molecular flexibility index (Phi) is 3.21. The number of halogens is 1. The fourth-order valence-corrected chi connectivity index (χ4v) is 1.92. The molecule has 0 aromatic carbocycles. The fourth-order valence-electron chi connectivity index (χ4n) is 1.61. The van der Waals surface area contributed by atoms with Crippen LogP contribution in [0.15, 0.2) is 12.4 Å². The summed E-state index contributed by atoms with van der Waals surface area (Å²) in [4.78, 5) is 4.79. The second-order valence-electron chi connectivity index (χ2n) is 5.35. The van der Waals surface area contributed by atoms with Gasteiger partial charge in [-0.05, 0) is 12.3 Å². The maximum Gasteiger partial charge on any atom is 0.182 e. The summed E-state index contributed by atoms with van der Waals surface area (Å²) in [6, 6.07) is 0. The van der Waals surface area contributed by atoms with Gasteiger partial charge in [0, 0.05) is 23.6 Å². The quantitative estimate of drug-likeness (QED) is 0.801. The minimum atomic E-state index is 0.198. The lowest BCUT2D eigenvalue weighted by Crippen LogP contribution is -2.23. The van der Waals surface area contributed by atoms with E-state index in [1.165, 1.54) is 0 Å². The Morgan fingerprint density at radius 3 is 2.71 bits per heavy atom. The van der Waals surface area contributed by atoms with Crippen LogP contribution < -0.4 is 0 Å². The van der Waals surface area contributed by atoms with Crippen LogP contribution in [0.2, 0.25) is 0 Å². The van der Waals surface area contributed by atoms with Gasteiger partial charge >= 0.3 is 0 Å². The zero-order valence-corrected chi connectivity index (χ0v) is 12.2. The third-order valence-corrected chi connectivity index (χ3v) is 4.58. The van der Waals surface area contributed by atoms with Crippen LogP contribution >= 0.6 is 15.9 Å². The maximum absolute atomic E-state index is 4.42. The van der Waals surface area contributed by atoms with Crippen LogP contribution in [-0.4, -0.2) is 24.4 Å². The highest BCUT2D eigenvalue weighted by atomic mass is 79.9. The normalized spacial score (nSPS) is 14.2. The molecule has 0 saturated heterocycles. The molecule has 2 heterocycles. The Morgan fingerprint density at radius 1 is 1.35 bits per heavy atom. The zero-order valence-electron chi connectivity index (χ0n) is 10.6. The van der Waals surface area contributed by atoms with Crippen molar-refractivity contribution in [2.24, 2.45) is 5.41 Å². The molecule has 0 bridgehead atoms. The molecule has 0 aliphatic rings. The number of fused-ring (bicyclic) bond motifs is 1. The van der Waals surface area contributed by atoms with Gasteiger partial charge in [-0.25, -0.2) is 0 Å². The second-order valence-corrected chi connectivity index (χ2v) is 6.46. The van der Waals surface area contributed by atoms with Gasteiger partial charge in [-0.1, -0.05) is 36.7 Å². The van der Waals surface area contributed by atoms with Crippen molar-refractivity contribution < 1.29 is 0 Å². The lowest BCUT2D eigenvalue weighted by molar-refractivity contribution is 0.396. The molecule has 0 N–H and O–H groups in total. The summed E-state index contributed by atoms with van der Waals surface area (Å²) in [5, 5.41) is 8.27. The number of alkyl halides is 1. The van der Waals surface area contributed by atoms with E-state index in [-0.39, 0.29) is 5.41 Å². The predicted molar refractivity (Wildman–Crippen MR) is 71.4 cm³/mol. The van der Waals surface area contributed by atoms with Crippen molar-refractivity contribution in [3.05, 3.63) is 23.9 Å². The molecule has 0 fully saturated rings. The van der Waals surface area contributed by atoms with E-state index in [1.807, 2.05) is 17.5 Å². The van der Waals surface area contributed by atoms with E-state index < -0.39 is 0 Å². The van der Waals surface area contributed by atoms with Crippen LogP contribution in [0.5, 0.6) is 0 Å². The molecule has 0 spiro atoms. The molecule has 0 amide bonds. The Labute approximate surface area is 110 Å². The molecule has 2 aromatic heterocycles. The van der Waals surface area contributed by atoms with Crippen molar-refractivity contribution in [1.82, 2.24) is 19.6 Å². The van der Waals surface area contributed by atoms with Gasteiger partial charge in [0.15, 0.2) is 5.65 Å². The number of hydrogen-bond donors (Lipinski definition) is 0. The second kappa shape index (κ2) is 4.37. The molecule has 92 valence electrons. The molecule has 4 nitrogen and oxygen atoms in total. The molecule has 1 unspecified atom stereocenters. The van der Waals surface area contributed by atoms with Crippen molar-refractivity contribution in [2.45, 2.75) is 38.9 Å². The Morgan fingerprint density at radius 2 is 2.06 bits per heavy atom. The SMILES string of the molecule is Cc1nnc2c(CC(Br)C(C)(C)C)nccn12. The molecule has 2 rings (SSSR count). The zero-order chi connectivity index (χ0) is 12.6. The molecular formula is C12H17BrN4. The first kappa shape index (κ1) is 12.5. The van der Waals surface area contributed by atoms with Crippen molar-refractivity contribution >= 4 is 21.6 Å². The summed E-state index contributed by atoms with van der Waals surface area (Å²) in [7, 11) is 0. The van der Waals surface area contributed by atoms with Gasteiger partial charge in [-0.3, -0.25) is 9.38 Å². The number of hydrogen-bond acceptors (Lipinski definition) is 3. The van der Waals surface area contributed by atoms with Gasteiger partial charge in [-0.15, -0.1) is 10.2 Å². The first-order valence-corrected chi connectivity index (χ1v) is 6.60. The Hall–Kier alpha value is -0.970. The van der Waals surface area contributed by atoms with Crippen LogP contribution in [0.4, 0.5) is 0 Å². The highest BCUT2D eigenvalue weighted by molar-refractivity contribution is 9.09. The summed E-state index contributed by atoms with van der Waals surface area (Å²) in [6.45, 7) is 8.57. The summed E-state index contributed by atoms with van der Waals surface area (Å²) in [5.41, 5.74) is 2.05. The monoisotopic (exact) mass is 296 g/mol. The molecular weight excluding hydrogens is 280 g/mol. The van der Waals surface area contributed by atoms with Gasteiger partial charge in [-0.2, -0.15) is 0 Å². The number of nitrogens with zero attached hydrogens (tertiary/aromatic N) is 4. The van der Waals surface area contributed by atoms with Crippen molar-refractivity contribution in [3.63, 3.8) is 0 Å². The Balaban J connectivity index is 2.37. The number of aromatic nitrogens is 4. The highest BCUT2D eigenvalue weighted by Gasteiger charge is 2.23. The minimum Gasteiger partial charge on any atom is -0.284 e. The molecule has 2 aromatic rings. The van der Waals surface area contributed by atoms with Gasteiger partial charge in [0.1, 0.15) is 5.82 Å². The van der Waals surface area contributed by atoms with Crippen molar-refractivity contribution in [1.29, 1.82) is 0 Å². The molecule has 17 heavy (non-hydrogen) atoms. The molecule has 1 atom stereocenters. The van der Waals surface area contributed by atoms with Gasteiger partial charge < -0.3 is 0 Å². The van der Waals surface area contributed by atoms with Crippen LogP contribution in [-0.2, 0) is 6.42 Å². The maximum atomic E-state index is 4.42. The van der Waals surface area contributed by atoms with Gasteiger partial charge in [0.25, 0.3) is 0 Å². The molecule has 0 saturated carbocycles. The largest absolute Gasteiger partial charge is 0.284 e. The predicted octanol–water partition coefficient (Wildman–Crippen LogP) is 2.78. The lowest BCUT2D eigenvalue weighted by atomic mass is 9.89. The first-order chi connectivity index (χ1) is 7.89.